The van der Waals surface area contributed by atoms with Gasteiger partial charge in [-0.2, -0.15) is 0 Å². The summed E-state index contributed by atoms with van der Waals surface area (Å²) in [6.45, 7) is 3.50. The Hall–Kier alpha value is -0.950. The lowest BCUT2D eigenvalue weighted by molar-refractivity contribution is 0.0678. The van der Waals surface area contributed by atoms with Crippen LogP contribution in [0.3, 0.4) is 0 Å². The van der Waals surface area contributed by atoms with Crippen LogP contribution in [0, 0.1) is 5.92 Å². The second-order valence-electron chi connectivity index (χ2n) is 5.15. The predicted octanol–water partition coefficient (Wildman–Crippen LogP) is 1.44. The standard InChI is InChI=1S/C14H21NO4S/c1-11(16)13-2-4-14(5-3-13)20(17,18)15-10-12-6-8-19-9-7-12/h2-5,11-12,15-16H,6-10H2,1H3. The summed E-state index contributed by atoms with van der Waals surface area (Å²) in [4.78, 5) is 0.231. The second-order valence-corrected chi connectivity index (χ2v) is 6.92. The van der Waals surface area contributed by atoms with E-state index in [9.17, 15) is 13.5 Å². The van der Waals surface area contributed by atoms with Gasteiger partial charge in [-0.25, -0.2) is 13.1 Å². The first kappa shape index (κ1) is 15.4. The van der Waals surface area contributed by atoms with Crippen LogP contribution in [0.25, 0.3) is 0 Å². The highest BCUT2D eigenvalue weighted by atomic mass is 32.2. The summed E-state index contributed by atoms with van der Waals surface area (Å²) in [6, 6.07) is 6.31. The maximum atomic E-state index is 12.2. The fourth-order valence-corrected chi connectivity index (χ4v) is 3.30. The molecule has 1 heterocycles. The minimum absolute atomic E-state index is 0.231. The molecule has 2 N–H and O–H groups in total. The van der Waals surface area contributed by atoms with Crippen molar-refractivity contribution in [3.8, 4) is 0 Å². The van der Waals surface area contributed by atoms with Crippen molar-refractivity contribution < 1.29 is 18.3 Å². The molecule has 1 saturated heterocycles. The summed E-state index contributed by atoms with van der Waals surface area (Å²) < 4.78 is 32.2. The highest BCUT2D eigenvalue weighted by Crippen LogP contribution is 2.17. The van der Waals surface area contributed by atoms with Gasteiger partial charge in [0.15, 0.2) is 0 Å². The van der Waals surface area contributed by atoms with E-state index in [0.717, 1.165) is 12.8 Å². The zero-order valence-corrected chi connectivity index (χ0v) is 12.4. The maximum absolute atomic E-state index is 12.2. The zero-order chi connectivity index (χ0) is 14.6. The molecule has 0 amide bonds. The van der Waals surface area contributed by atoms with Crippen LogP contribution in [0.4, 0.5) is 0 Å². The number of rotatable bonds is 5. The third-order valence-electron chi connectivity index (χ3n) is 3.58. The van der Waals surface area contributed by atoms with Gasteiger partial charge in [0.05, 0.1) is 11.0 Å². The molecular weight excluding hydrogens is 278 g/mol. The van der Waals surface area contributed by atoms with Crippen molar-refractivity contribution in [2.24, 2.45) is 5.92 Å². The van der Waals surface area contributed by atoms with Crippen molar-refractivity contribution in [3.05, 3.63) is 29.8 Å². The number of ether oxygens (including phenoxy) is 1. The SMILES string of the molecule is CC(O)c1ccc(S(=O)(=O)NCC2CCOCC2)cc1. The molecule has 1 aliphatic heterocycles. The number of aliphatic hydroxyl groups is 1. The Kier molecular flexibility index (Phi) is 5.15. The zero-order valence-electron chi connectivity index (χ0n) is 11.6. The molecule has 1 aromatic rings. The smallest absolute Gasteiger partial charge is 0.240 e. The summed E-state index contributed by atoms with van der Waals surface area (Å²) >= 11 is 0. The van der Waals surface area contributed by atoms with Crippen LogP contribution in [-0.4, -0.2) is 33.3 Å². The molecule has 1 atom stereocenters. The van der Waals surface area contributed by atoms with E-state index < -0.39 is 16.1 Å². The summed E-state index contributed by atoms with van der Waals surface area (Å²) in [5.74, 6) is 0.343. The average Bonchev–Trinajstić information content (AvgIpc) is 2.46. The lowest BCUT2D eigenvalue weighted by Crippen LogP contribution is -2.32. The summed E-state index contributed by atoms with van der Waals surface area (Å²) in [5, 5.41) is 9.41. The van der Waals surface area contributed by atoms with Gasteiger partial charge in [0.2, 0.25) is 10.0 Å². The van der Waals surface area contributed by atoms with Crippen molar-refractivity contribution in [3.63, 3.8) is 0 Å². The Labute approximate surface area is 120 Å². The Balaban J connectivity index is 1.98. The Bertz CT molecular complexity index is 519. The molecule has 2 rings (SSSR count). The van der Waals surface area contributed by atoms with Gasteiger partial charge < -0.3 is 9.84 Å². The first-order chi connectivity index (χ1) is 9.49. The van der Waals surface area contributed by atoms with E-state index >= 15 is 0 Å². The molecule has 1 aliphatic rings. The van der Waals surface area contributed by atoms with Crippen LogP contribution in [0.1, 0.15) is 31.4 Å². The largest absolute Gasteiger partial charge is 0.389 e. The fourth-order valence-electron chi connectivity index (χ4n) is 2.19. The molecule has 6 heteroatoms. The van der Waals surface area contributed by atoms with Crippen LogP contribution >= 0.6 is 0 Å². The van der Waals surface area contributed by atoms with E-state index in [2.05, 4.69) is 4.72 Å². The Morgan fingerprint density at radius 2 is 1.90 bits per heavy atom. The third kappa shape index (κ3) is 4.02. The van der Waals surface area contributed by atoms with Crippen molar-refractivity contribution >= 4 is 10.0 Å². The number of hydrogen-bond donors (Lipinski definition) is 2. The van der Waals surface area contributed by atoms with Gasteiger partial charge in [0.1, 0.15) is 0 Å². The predicted molar refractivity (Wildman–Crippen MR) is 75.8 cm³/mol. The van der Waals surface area contributed by atoms with E-state index in [1.54, 1.807) is 19.1 Å². The van der Waals surface area contributed by atoms with E-state index in [-0.39, 0.29) is 4.90 Å². The third-order valence-corrected chi connectivity index (χ3v) is 5.02. The number of nitrogens with one attached hydrogen (secondary N) is 1. The quantitative estimate of drug-likeness (QED) is 0.863. The molecule has 5 nitrogen and oxygen atoms in total. The highest BCUT2D eigenvalue weighted by Gasteiger charge is 2.19. The molecule has 20 heavy (non-hydrogen) atoms. The minimum atomic E-state index is -3.47. The number of benzene rings is 1. The van der Waals surface area contributed by atoms with Gasteiger partial charge in [0.25, 0.3) is 0 Å². The van der Waals surface area contributed by atoms with Gasteiger partial charge in [0, 0.05) is 19.8 Å². The minimum Gasteiger partial charge on any atom is -0.389 e. The fraction of sp³-hybridized carbons (Fsp3) is 0.571. The van der Waals surface area contributed by atoms with E-state index in [1.165, 1.54) is 12.1 Å². The van der Waals surface area contributed by atoms with Gasteiger partial charge in [-0.15, -0.1) is 0 Å². The summed E-state index contributed by atoms with van der Waals surface area (Å²) in [5.41, 5.74) is 0.702. The first-order valence-corrected chi connectivity index (χ1v) is 8.33. The summed E-state index contributed by atoms with van der Waals surface area (Å²) in [6.07, 6.45) is 1.19. The molecule has 112 valence electrons. The van der Waals surface area contributed by atoms with E-state index in [4.69, 9.17) is 4.74 Å². The van der Waals surface area contributed by atoms with Gasteiger partial charge in [-0.1, -0.05) is 12.1 Å². The summed E-state index contributed by atoms with van der Waals surface area (Å²) in [7, 11) is -3.47. The van der Waals surface area contributed by atoms with Crippen LogP contribution in [0.15, 0.2) is 29.2 Å². The molecule has 0 spiro atoms. The molecule has 0 saturated carbocycles. The van der Waals surface area contributed by atoms with Crippen LogP contribution in [0.5, 0.6) is 0 Å². The Morgan fingerprint density at radius 1 is 1.30 bits per heavy atom. The molecule has 0 bridgehead atoms. The van der Waals surface area contributed by atoms with Crippen molar-refractivity contribution in [2.75, 3.05) is 19.8 Å². The monoisotopic (exact) mass is 299 g/mol. The van der Waals surface area contributed by atoms with Crippen LogP contribution in [-0.2, 0) is 14.8 Å². The van der Waals surface area contributed by atoms with E-state index in [1.807, 2.05) is 0 Å². The average molecular weight is 299 g/mol. The van der Waals surface area contributed by atoms with Gasteiger partial charge in [-0.3, -0.25) is 0 Å². The topological polar surface area (TPSA) is 75.6 Å². The van der Waals surface area contributed by atoms with Crippen molar-refractivity contribution in [1.29, 1.82) is 0 Å². The van der Waals surface area contributed by atoms with Gasteiger partial charge >= 0.3 is 0 Å². The molecular formula is C14H21NO4S. The number of hydrogen-bond acceptors (Lipinski definition) is 4. The van der Waals surface area contributed by atoms with Crippen molar-refractivity contribution in [2.45, 2.75) is 30.8 Å². The van der Waals surface area contributed by atoms with E-state index in [0.29, 0.717) is 31.2 Å². The maximum Gasteiger partial charge on any atom is 0.240 e. The Morgan fingerprint density at radius 3 is 2.45 bits per heavy atom. The molecule has 1 fully saturated rings. The van der Waals surface area contributed by atoms with Gasteiger partial charge in [-0.05, 0) is 43.4 Å². The van der Waals surface area contributed by atoms with Crippen LogP contribution < -0.4 is 4.72 Å². The number of aliphatic hydroxyl groups excluding tert-OH is 1. The highest BCUT2D eigenvalue weighted by molar-refractivity contribution is 7.89. The first-order valence-electron chi connectivity index (χ1n) is 6.84. The molecule has 1 unspecified atom stereocenters. The second kappa shape index (κ2) is 6.67. The molecule has 0 radical (unpaired) electrons. The number of sulfonamides is 1. The lowest BCUT2D eigenvalue weighted by Gasteiger charge is -2.22. The molecule has 0 aromatic heterocycles. The normalized spacial score (nSPS) is 18.9. The lowest BCUT2D eigenvalue weighted by atomic mass is 10.0. The van der Waals surface area contributed by atoms with Crippen LogP contribution in [0.2, 0.25) is 0 Å². The van der Waals surface area contributed by atoms with Crippen molar-refractivity contribution in [1.82, 2.24) is 4.72 Å². The molecule has 1 aromatic carbocycles. The molecule has 0 aliphatic carbocycles.